The Bertz CT molecular complexity index is 951. The van der Waals surface area contributed by atoms with Gasteiger partial charge in [-0.3, -0.25) is 0 Å². The first kappa shape index (κ1) is 18.9. The molecule has 0 spiro atoms. The fourth-order valence-corrected chi connectivity index (χ4v) is 2.64. The van der Waals surface area contributed by atoms with E-state index in [0.717, 1.165) is 0 Å². The number of benzene rings is 3. The second-order valence-electron chi connectivity index (χ2n) is 5.38. The van der Waals surface area contributed by atoms with Gasteiger partial charge < -0.3 is 9.47 Å². The number of methoxy groups -OCH3 is 1. The van der Waals surface area contributed by atoms with Crippen LogP contribution in [0.2, 0.25) is 10.0 Å². The quantitative estimate of drug-likeness (QED) is 0.274. The van der Waals surface area contributed by atoms with Crippen LogP contribution in [0.5, 0.6) is 11.5 Å². The van der Waals surface area contributed by atoms with Gasteiger partial charge in [-0.1, -0.05) is 29.3 Å². The van der Waals surface area contributed by atoms with Gasteiger partial charge in [-0.15, -0.1) is 5.11 Å². The standard InChI is InChI=1S/C20H14Cl2N2O3/c1-26-15-9-5-13(6-10-15)20(25)27-16-11-7-14(8-12-16)23-24-19-17(21)3-2-4-18(19)22/h2-12H,1H3. The van der Waals surface area contributed by atoms with Crippen LogP contribution >= 0.6 is 23.2 Å². The summed E-state index contributed by atoms with van der Waals surface area (Å²) in [5, 5.41) is 9.00. The number of esters is 1. The predicted molar refractivity (Wildman–Crippen MR) is 105 cm³/mol. The Labute approximate surface area is 166 Å². The number of hydrogen-bond donors (Lipinski definition) is 0. The monoisotopic (exact) mass is 400 g/mol. The number of ether oxygens (including phenoxy) is 2. The number of carbonyl (C=O) groups is 1. The zero-order valence-electron chi connectivity index (χ0n) is 14.2. The molecule has 0 fully saturated rings. The highest BCUT2D eigenvalue weighted by atomic mass is 35.5. The number of halogens is 2. The molecule has 0 bridgehead atoms. The van der Waals surface area contributed by atoms with Gasteiger partial charge in [0, 0.05) is 0 Å². The Kier molecular flexibility index (Phi) is 6.06. The zero-order valence-corrected chi connectivity index (χ0v) is 15.7. The second-order valence-corrected chi connectivity index (χ2v) is 6.20. The molecule has 0 aliphatic carbocycles. The van der Waals surface area contributed by atoms with Gasteiger partial charge in [0.25, 0.3) is 0 Å². The first-order valence-corrected chi connectivity index (χ1v) is 8.64. The van der Waals surface area contributed by atoms with E-state index >= 15 is 0 Å². The van der Waals surface area contributed by atoms with Crippen molar-refractivity contribution >= 4 is 40.5 Å². The fraction of sp³-hybridized carbons (Fsp3) is 0.0500. The summed E-state index contributed by atoms with van der Waals surface area (Å²) in [6.07, 6.45) is 0. The predicted octanol–water partition coefficient (Wildman–Crippen LogP) is 6.64. The van der Waals surface area contributed by atoms with Crippen LogP contribution in [0.1, 0.15) is 10.4 Å². The molecule has 0 aromatic heterocycles. The summed E-state index contributed by atoms with van der Waals surface area (Å²) in [4.78, 5) is 12.1. The number of azo groups is 1. The van der Waals surface area contributed by atoms with Gasteiger partial charge in [0.1, 0.15) is 17.2 Å². The molecule has 3 aromatic rings. The lowest BCUT2D eigenvalue weighted by molar-refractivity contribution is 0.0734. The molecule has 0 unspecified atom stereocenters. The van der Waals surface area contributed by atoms with Crippen molar-refractivity contribution in [1.29, 1.82) is 0 Å². The first-order chi connectivity index (χ1) is 13.1. The second kappa shape index (κ2) is 8.66. The molecule has 3 rings (SSSR count). The number of carbonyl (C=O) groups excluding carboxylic acids is 1. The summed E-state index contributed by atoms with van der Waals surface area (Å²) in [6.45, 7) is 0. The van der Waals surface area contributed by atoms with E-state index in [1.54, 1.807) is 73.8 Å². The maximum atomic E-state index is 12.1. The molecule has 0 amide bonds. The van der Waals surface area contributed by atoms with Crippen LogP contribution < -0.4 is 9.47 Å². The van der Waals surface area contributed by atoms with E-state index in [2.05, 4.69) is 10.2 Å². The van der Waals surface area contributed by atoms with E-state index in [4.69, 9.17) is 32.7 Å². The third-order valence-electron chi connectivity index (χ3n) is 3.58. The molecule has 5 nitrogen and oxygen atoms in total. The van der Waals surface area contributed by atoms with Crippen molar-refractivity contribution in [1.82, 2.24) is 0 Å². The summed E-state index contributed by atoms with van der Waals surface area (Å²) < 4.78 is 10.4. The Morgan fingerprint density at radius 2 is 1.41 bits per heavy atom. The molecule has 0 radical (unpaired) electrons. The topological polar surface area (TPSA) is 60.2 Å². The van der Waals surface area contributed by atoms with Gasteiger partial charge in [0.15, 0.2) is 0 Å². The van der Waals surface area contributed by atoms with Crippen LogP contribution in [-0.4, -0.2) is 13.1 Å². The van der Waals surface area contributed by atoms with Gasteiger partial charge in [-0.05, 0) is 60.7 Å². The SMILES string of the molecule is COc1ccc(C(=O)Oc2ccc(N=Nc3c(Cl)cccc3Cl)cc2)cc1. The first-order valence-electron chi connectivity index (χ1n) is 7.89. The summed E-state index contributed by atoms with van der Waals surface area (Å²) in [5.41, 5.74) is 1.39. The van der Waals surface area contributed by atoms with E-state index in [9.17, 15) is 4.79 Å². The van der Waals surface area contributed by atoms with E-state index in [1.807, 2.05) is 0 Å². The Balaban J connectivity index is 1.68. The Morgan fingerprint density at radius 3 is 2.00 bits per heavy atom. The molecule has 7 heteroatoms. The number of nitrogens with zero attached hydrogens (tertiary/aromatic N) is 2. The largest absolute Gasteiger partial charge is 0.497 e. The minimum Gasteiger partial charge on any atom is -0.497 e. The summed E-state index contributed by atoms with van der Waals surface area (Å²) in [5.74, 6) is 0.598. The van der Waals surface area contributed by atoms with Crippen LogP contribution in [0.15, 0.2) is 77.0 Å². The van der Waals surface area contributed by atoms with E-state index in [0.29, 0.717) is 38.5 Å². The molecule has 0 atom stereocenters. The number of hydrogen-bond acceptors (Lipinski definition) is 5. The molecule has 27 heavy (non-hydrogen) atoms. The van der Waals surface area contributed by atoms with Gasteiger partial charge in [-0.2, -0.15) is 5.11 Å². The molecular formula is C20H14Cl2N2O3. The lowest BCUT2D eigenvalue weighted by Crippen LogP contribution is -2.08. The molecule has 0 saturated carbocycles. The van der Waals surface area contributed by atoms with Crippen molar-refractivity contribution in [2.24, 2.45) is 10.2 Å². The molecule has 0 N–H and O–H groups in total. The minimum atomic E-state index is -0.463. The highest BCUT2D eigenvalue weighted by Crippen LogP contribution is 2.34. The maximum absolute atomic E-state index is 12.1. The third-order valence-corrected chi connectivity index (χ3v) is 4.19. The van der Waals surface area contributed by atoms with Crippen LogP contribution in [-0.2, 0) is 0 Å². The Morgan fingerprint density at radius 1 is 0.815 bits per heavy atom. The van der Waals surface area contributed by atoms with Gasteiger partial charge >= 0.3 is 5.97 Å². The van der Waals surface area contributed by atoms with Crippen molar-refractivity contribution in [3.05, 3.63) is 82.3 Å². The average Bonchev–Trinajstić information content (AvgIpc) is 2.69. The molecular weight excluding hydrogens is 387 g/mol. The highest BCUT2D eigenvalue weighted by molar-refractivity contribution is 6.38. The van der Waals surface area contributed by atoms with E-state index in [1.165, 1.54) is 0 Å². The summed E-state index contributed by atoms with van der Waals surface area (Å²) in [7, 11) is 1.56. The van der Waals surface area contributed by atoms with Gasteiger partial charge in [0.05, 0.1) is 28.4 Å². The van der Waals surface area contributed by atoms with E-state index in [-0.39, 0.29) is 0 Å². The normalized spacial score (nSPS) is 10.8. The Hall–Kier alpha value is -2.89. The third kappa shape index (κ3) is 4.84. The van der Waals surface area contributed by atoms with Crippen LogP contribution in [0.3, 0.4) is 0 Å². The maximum Gasteiger partial charge on any atom is 0.343 e. The van der Waals surface area contributed by atoms with Crippen molar-refractivity contribution in [3.63, 3.8) is 0 Å². The smallest absolute Gasteiger partial charge is 0.343 e. The lowest BCUT2D eigenvalue weighted by atomic mass is 10.2. The van der Waals surface area contributed by atoms with Crippen molar-refractivity contribution in [2.45, 2.75) is 0 Å². The molecule has 0 aliphatic rings. The van der Waals surface area contributed by atoms with Crippen molar-refractivity contribution < 1.29 is 14.3 Å². The lowest BCUT2D eigenvalue weighted by Gasteiger charge is -2.05. The van der Waals surface area contributed by atoms with Crippen molar-refractivity contribution in [3.8, 4) is 11.5 Å². The van der Waals surface area contributed by atoms with Crippen LogP contribution in [0.25, 0.3) is 0 Å². The molecule has 0 aliphatic heterocycles. The average molecular weight is 401 g/mol. The molecule has 136 valence electrons. The molecule has 0 heterocycles. The number of rotatable bonds is 5. The van der Waals surface area contributed by atoms with Crippen LogP contribution in [0.4, 0.5) is 11.4 Å². The fourth-order valence-electron chi connectivity index (χ4n) is 2.17. The van der Waals surface area contributed by atoms with Crippen molar-refractivity contribution in [2.75, 3.05) is 7.11 Å². The molecule has 0 saturated heterocycles. The summed E-state index contributed by atoms with van der Waals surface area (Å²) in [6, 6.07) is 18.4. The van der Waals surface area contributed by atoms with E-state index < -0.39 is 5.97 Å². The van der Waals surface area contributed by atoms with Crippen LogP contribution in [0, 0.1) is 0 Å². The minimum absolute atomic E-state index is 0.394. The summed E-state index contributed by atoms with van der Waals surface area (Å²) >= 11 is 12.1. The van der Waals surface area contributed by atoms with Gasteiger partial charge in [0.2, 0.25) is 0 Å². The zero-order chi connectivity index (χ0) is 19.2. The highest BCUT2D eigenvalue weighted by Gasteiger charge is 2.09. The van der Waals surface area contributed by atoms with Gasteiger partial charge in [-0.25, -0.2) is 4.79 Å². The molecule has 3 aromatic carbocycles.